The van der Waals surface area contributed by atoms with Gasteiger partial charge in [0.25, 0.3) is 0 Å². The van der Waals surface area contributed by atoms with Gasteiger partial charge in [-0.2, -0.15) is 0 Å². The Morgan fingerprint density at radius 3 is 2.26 bits per heavy atom. The van der Waals surface area contributed by atoms with Gasteiger partial charge in [0.15, 0.2) is 0 Å². The molecular weight excluding hydrogens is 238 g/mol. The number of aliphatic hydroxyl groups excluding tert-OH is 1. The van der Waals surface area contributed by atoms with E-state index in [4.69, 9.17) is 0 Å². The summed E-state index contributed by atoms with van der Waals surface area (Å²) in [5.41, 5.74) is 0. The lowest BCUT2D eigenvalue weighted by molar-refractivity contribution is 0.141. The van der Waals surface area contributed by atoms with Crippen molar-refractivity contribution in [2.75, 3.05) is 45.8 Å². The van der Waals surface area contributed by atoms with Gasteiger partial charge in [-0.3, -0.25) is 0 Å². The van der Waals surface area contributed by atoms with E-state index in [0.717, 1.165) is 25.4 Å². The zero-order valence-corrected chi connectivity index (χ0v) is 12.1. The molecule has 3 fully saturated rings. The Balaban J connectivity index is 1.34. The normalized spacial score (nSPS) is 35.2. The van der Waals surface area contributed by atoms with Gasteiger partial charge in [0.2, 0.25) is 0 Å². The molecule has 3 saturated heterocycles. The highest BCUT2D eigenvalue weighted by Crippen LogP contribution is 2.21. The van der Waals surface area contributed by atoms with Crippen LogP contribution in [0.15, 0.2) is 0 Å². The molecule has 2 unspecified atom stereocenters. The summed E-state index contributed by atoms with van der Waals surface area (Å²) in [5.74, 6) is 0.927. The van der Waals surface area contributed by atoms with Gasteiger partial charge in [-0.15, -0.1) is 0 Å². The fourth-order valence-corrected chi connectivity index (χ4v) is 3.93. The molecule has 0 aliphatic carbocycles. The van der Waals surface area contributed by atoms with Crippen LogP contribution >= 0.6 is 0 Å². The number of nitrogens with one attached hydrogen (secondary N) is 1. The van der Waals surface area contributed by atoms with Crippen LogP contribution in [0.1, 0.15) is 32.1 Å². The second-order valence-corrected chi connectivity index (χ2v) is 6.75. The summed E-state index contributed by atoms with van der Waals surface area (Å²) in [7, 11) is 0. The summed E-state index contributed by atoms with van der Waals surface area (Å²) >= 11 is 0. The lowest BCUT2D eigenvalue weighted by Gasteiger charge is -2.35. The van der Waals surface area contributed by atoms with Gasteiger partial charge in [0.05, 0.1) is 6.10 Å². The maximum atomic E-state index is 9.54. The molecule has 4 heteroatoms. The molecule has 19 heavy (non-hydrogen) atoms. The monoisotopic (exact) mass is 267 g/mol. The third-order valence-electron chi connectivity index (χ3n) is 5.10. The first-order valence-corrected chi connectivity index (χ1v) is 8.16. The van der Waals surface area contributed by atoms with Gasteiger partial charge in [-0.1, -0.05) is 0 Å². The average molecular weight is 267 g/mol. The average Bonchev–Trinajstić information content (AvgIpc) is 3.04. The predicted molar refractivity (Wildman–Crippen MR) is 77.3 cm³/mol. The third kappa shape index (κ3) is 3.91. The standard InChI is InChI=1S/C15H29N3O/c19-15-9-14(16-10-15)12-18-7-3-13(4-8-18)11-17-5-1-2-6-17/h13-16,19H,1-12H2. The molecule has 0 aromatic rings. The maximum Gasteiger partial charge on any atom is 0.0680 e. The molecule has 0 aromatic carbocycles. The molecule has 0 aromatic heterocycles. The van der Waals surface area contributed by atoms with E-state index in [9.17, 15) is 5.11 Å². The van der Waals surface area contributed by atoms with Crippen molar-refractivity contribution in [2.24, 2.45) is 5.92 Å². The first-order chi connectivity index (χ1) is 9.29. The number of hydrogen-bond donors (Lipinski definition) is 2. The van der Waals surface area contributed by atoms with E-state index in [0.29, 0.717) is 6.04 Å². The molecule has 3 aliphatic heterocycles. The lowest BCUT2D eigenvalue weighted by Crippen LogP contribution is -2.43. The minimum absolute atomic E-state index is 0.113. The fraction of sp³-hybridized carbons (Fsp3) is 1.00. The van der Waals surface area contributed by atoms with Crippen molar-refractivity contribution >= 4 is 0 Å². The number of likely N-dealkylation sites (tertiary alicyclic amines) is 2. The van der Waals surface area contributed by atoms with Gasteiger partial charge in [0, 0.05) is 25.7 Å². The minimum Gasteiger partial charge on any atom is -0.392 e. The Bertz CT molecular complexity index is 273. The van der Waals surface area contributed by atoms with Crippen molar-refractivity contribution in [3.05, 3.63) is 0 Å². The highest BCUT2D eigenvalue weighted by atomic mass is 16.3. The smallest absolute Gasteiger partial charge is 0.0680 e. The van der Waals surface area contributed by atoms with Crippen molar-refractivity contribution in [2.45, 2.75) is 44.2 Å². The molecule has 0 radical (unpaired) electrons. The largest absolute Gasteiger partial charge is 0.392 e. The molecule has 2 atom stereocenters. The molecule has 0 spiro atoms. The van der Waals surface area contributed by atoms with Crippen LogP contribution in [0.5, 0.6) is 0 Å². The summed E-state index contributed by atoms with van der Waals surface area (Å²) in [4.78, 5) is 5.26. The van der Waals surface area contributed by atoms with Gasteiger partial charge in [-0.25, -0.2) is 0 Å². The molecule has 110 valence electrons. The summed E-state index contributed by atoms with van der Waals surface area (Å²) in [6.07, 6.45) is 6.38. The number of β-amino-alcohol motifs (C(OH)–C–C–N with tert-alkyl or cyclic N) is 1. The Morgan fingerprint density at radius 1 is 0.947 bits per heavy atom. The second-order valence-electron chi connectivity index (χ2n) is 6.75. The molecule has 0 bridgehead atoms. The Kier molecular flexibility index (Phi) is 4.74. The number of rotatable bonds is 4. The Hall–Kier alpha value is -0.160. The first-order valence-electron chi connectivity index (χ1n) is 8.16. The van der Waals surface area contributed by atoms with E-state index in [2.05, 4.69) is 15.1 Å². The molecular formula is C15H29N3O. The van der Waals surface area contributed by atoms with E-state index < -0.39 is 0 Å². The van der Waals surface area contributed by atoms with Gasteiger partial charge in [0.1, 0.15) is 0 Å². The Labute approximate surface area is 117 Å². The highest BCUT2D eigenvalue weighted by molar-refractivity contribution is 4.85. The van der Waals surface area contributed by atoms with Crippen LogP contribution in [-0.2, 0) is 0 Å². The zero-order valence-electron chi connectivity index (χ0n) is 12.1. The third-order valence-corrected chi connectivity index (χ3v) is 5.10. The van der Waals surface area contributed by atoms with E-state index in [1.807, 2.05) is 0 Å². The fourth-order valence-electron chi connectivity index (χ4n) is 3.93. The van der Waals surface area contributed by atoms with Crippen molar-refractivity contribution in [3.8, 4) is 0 Å². The van der Waals surface area contributed by atoms with Crippen LogP contribution in [0.3, 0.4) is 0 Å². The van der Waals surface area contributed by atoms with Gasteiger partial charge >= 0.3 is 0 Å². The van der Waals surface area contributed by atoms with Crippen molar-refractivity contribution < 1.29 is 5.11 Å². The summed E-state index contributed by atoms with van der Waals surface area (Å²) in [6.45, 7) is 8.45. The first kappa shape index (κ1) is 13.8. The lowest BCUT2D eigenvalue weighted by atomic mass is 9.96. The second kappa shape index (κ2) is 6.53. The molecule has 3 aliphatic rings. The number of nitrogens with zero attached hydrogens (tertiary/aromatic N) is 2. The zero-order chi connectivity index (χ0) is 13.1. The van der Waals surface area contributed by atoms with Crippen LogP contribution < -0.4 is 5.32 Å². The van der Waals surface area contributed by atoms with E-state index in [-0.39, 0.29) is 6.10 Å². The van der Waals surface area contributed by atoms with E-state index in [1.54, 1.807) is 0 Å². The van der Waals surface area contributed by atoms with E-state index >= 15 is 0 Å². The van der Waals surface area contributed by atoms with Crippen molar-refractivity contribution in [3.63, 3.8) is 0 Å². The molecule has 3 rings (SSSR count). The topological polar surface area (TPSA) is 38.7 Å². The molecule has 2 N–H and O–H groups in total. The number of aliphatic hydroxyl groups is 1. The van der Waals surface area contributed by atoms with Crippen LogP contribution in [0.25, 0.3) is 0 Å². The predicted octanol–water partition coefficient (Wildman–Crippen LogP) is 0.517. The maximum absolute atomic E-state index is 9.54. The van der Waals surface area contributed by atoms with E-state index in [1.165, 1.54) is 58.4 Å². The van der Waals surface area contributed by atoms with Gasteiger partial charge in [-0.05, 0) is 64.2 Å². The van der Waals surface area contributed by atoms with Crippen LogP contribution in [0.2, 0.25) is 0 Å². The molecule has 0 saturated carbocycles. The SMILES string of the molecule is OC1CNC(CN2CCC(CN3CCCC3)CC2)C1. The molecule has 4 nitrogen and oxygen atoms in total. The number of hydrogen-bond acceptors (Lipinski definition) is 4. The summed E-state index contributed by atoms with van der Waals surface area (Å²) in [5, 5.41) is 13.0. The summed E-state index contributed by atoms with van der Waals surface area (Å²) < 4.78 is 0. The minimum atomic E-state index is -0.113. The highest BCUT2D eigenvalue weighted by Gasteiger charge is 2.27. The van der Waals surface area contributed by atoms with Crippen LogP contribution in [0.4, 0.5) is 0 Å². The Morgan fingerprint density at radius 2 is 1.63 bits per heavy atom. The number of piperidine rings is 1. The summed E-state index contributed by atoms with van der Waals surface area (Å²) in [6, 6.07) is 0.519. The van der Waals surface area contributed by atoms with Crippen molar-refractivity contribution in [1.82, 2.24) is 15.1 Å². The van der Waals surface area contributed by atoms with Crippen molar-refractivity contribution in [1.29, 1.82) is 0 Å². The van der Waals surface area contributed by atoms with Crippen LogP contribution in [0, 0.1) is 5.92 Å². The quantitative estimate of drug-likeness (QED) is 0.779. The molecule has 3 heterocycles. The molecule has 0 amide bonds. The van der Waals surface area contributed by atoms with Crippen LogP contribution in [-0.4, -0.2) is 72.9 Å². The van der Waals surface area contributed by atoms with Gasteiger partial charge < -0.3 is 20.2 Å².